The van der Waals surface area contributed by atoms with Crippen LogP contribution >= 0.6 is 0 Å². The predicted octanol–water partition coefficient (Wildman–Crippen LogP) is 3.33. The number of H-pyrrole nitrogens is 1. The summed E-state index contributed by atoms with van der Waals surface area (Å²) in [4.78, 5) is 23.8. The third kappa shape index (κ3) is 4.02. The van der Waals surface area contributed by atoms with E-state index in [2.05, 4.69) is 14.7 Å². The maximum atomic E-state index is 11.7. The van der Waals surface area contributed by atoms with Gasteiger partial charge in [0.25, 0.3) is 0 Å². The SMILES string of the molecule is Cc1cc(-c2nc3ccc(=O)[nH]c3nc2-c2ccccc2)ccc1NS(C)(=O)=O. The van der Waals surface area contributed by atoms with Gasteiger partial charge in [0, 0.05) is 17.2 Å². The number of rotatable bonds is 4. The molecule has 146 valence electrons. The maximum Gasteiger partial charge on any atom is 0.249 e. The van der Waals surface area contributed by atoms with Gasteiger partial charge in [0.05, 0.1) is 23.3 Å². The molecule has 0 radical (unpaired) electrons. The Balaban J connectivity index is 1.94. The van der Waals surface area contributed by atoms with Crippen molar-refractivity contribution in [2.45, 2.75) is 6.92 Å². The zero-order valence-corrected chi connectivity index (χ0v) is 16.6. The molecule has 0 atom stereocenters. The van der Waals surface area contributed by atoms with E-state index < -0.39 is 10.0 Å². The number of aryl methyl sites for hydroxylation is 1. The van der Waals surface area contributed by atoms with Crippen molar-refractivity contribution >= 4 is 26.9 Å². The third-order valence-electron chi connectivity index (χ3n) is 4.40. The molecular weight excluding hydrogens is 388 g/mol. The molecule has 0 fully saturated rings. The summed E-state index contributed by atoms with van der Waals surface area (Å²) in [6.07, 6.45) is 1.11. The number of aromatic amines is 1. The average molecular weight is 406 g/mol. The molecule has 29 heavy (non-hydrogen) atoms. The van der Waals surface area contributed by atoms with Crippen LogP contribution < -0.4 is 10.3 Å². The molecule has 2 aromatic carbocycles. The fourth-order valence-electron chi connectivity index (χ4n) is 3.09. The summed E-state index contributed by atoms with van der Waals surface area (Å²) < 4.78 is 25.6. The van der Waals surface area contributed by atoms with Crippen molar-refractivity contribution in [3.63, 3.8) is 0 Å². The van der Waals surface area contributed by atoms with Crippen LogP contribution in [0.5, 0.6) is 0 Å². The van der Waals surface area contributed by atoms with Crippen LogP contribution in [0, 0.1) is 6.92 Å². The second-order valence-corrected chi connectivity index (χ2v) is 8.50. The molecule has 0 saturated carbocycles. The first-order chi connectivity index (χ1) is 13.8. The molecule has 4 rings (SSSR count). The molecule has 7 nitrogen and oxygen atoms in total. The normalized spacial score (nSPS) is 11.5. The van der Waals surface area contributed by atoms with E-state index in [1.165, 1.54) is 6.07 Å². The van der Waals surface area contributed by atoms with Crippen molar-refractivity contribution in [1.29, 1.82) is 0 Å². The smallest absolute Gasteiger partial charge is 0.249 e. The van der Waals surface area contributed by atoms with Gasteiger partial charge in [-0.1, -0.05) is 36.4 Å². The first kappa shape index (κ1) is 18.8. The zero-order chi connectivity index (χ0) is 20.6. The Bertz CT molecular complexity index is 1380. The minimum Gasteiger partial charge on any atom is -0.305 e. The van der Waals surface area contributed by atoms with Gasteiger partial charge in [0.2, 0.25) is 15.6 Å². The van der Waals surface area contributed by atoms with Gasteiger partial charge in [-0.25, -0.2) is 18.4 Å². The van der Waals surface area contributed by atoms with Crippen LogP contribution in [0.2, 0.25) is 0 Å². The number of benzene rings is 2. The minimum atomic E-state index is -3.37. The number of sulfonamides is 1. The molecule has 2 heterocycles. The Labute approximate surface area is 167 Å². The Kier molecular flexibility index (Phi) is 4.63. The number of nitrogens with one attached hydrogen (secondary N) is 2. The summed E-state index contributed by atoms with van der Waals surface area (Å²) in [6.45, 7) is 1.82. The first-order valence-corrected chi connectivity index (χ1v) is 10.7. The van der Waals surface area contributed by atoms with E-state index in [0.717, 1.165) is 22.9 Å². The lowest BCUT2D eigenvalue weighted by atomic mass is 10.0. The van der Waals surface area contributed by atoms with E-state index in [0.29, 0.717) is 28.2 Å². The Hall–Kier alpha value is -3.52. The van der Waals surface area contributed by atoms with Crippen LogP contribution in [-0.4, -0.2) is 29.6 Å². The number of aromatic nitrogens is 3. The number of pyridine rings is 1. The van der Waals surface area contributed by atoms with Crippen molar-refractivity contribution < 1.29 is 8.42 Å². The van der Waals surface area contributed by atoms with Gasteiger partial charge in [0.1, 0.15) is 5.52 Å². The van der Waals surface area contributed by atoms with Crippen LogP contribution in [0.3, 0.4) is 0 Å². The van der Waals surface area contributed by atoms with Gasteiger partial charge in [-0.05, 0) is 30.7 Å². The zero-order valence-electron chi connectivity index (χ0n) is 15.8. The fourth-order valence-corrected chi connectivity index (χ4v) is 3.72. The van der Waals surface area contributed by atoms with Crippen molar-refractivity contribution in [3.8, 4) is 22.5 Å². The number of nitrogens with zero attached hydrogens (tertiary/aromatic N) is 2. The quantitative estimate of drug-likeness (QED) is 0.541. The molecule has 4 aromatic rings. The average Bonchev–Trinajstić information content (AvgIpc) is 2.68. The fraction of sp³-hybridized carbons (Fsp3) is 0.0952. The molecule has 0 bridgehead atoms. The van der Waals surface area contributed by atoms with E-state index >= 15 is 0 Å². The van der Waals surface area contributed by atoms with Crippen LogP contribution in [0.1, 0.15) is 5.56 Å². The number of fused-ring (bicyclic) bond motifs is 1. The molecular formula is C21H18N4O3S. The molecule has 8 heteroatoms. The summed E-state index contributed by atoms with van der Waals surface area (Å²) in [7, 11) is -3.37. The minimum absolute atomic E-state index is 0.245. The lowest BCUT2D eigenvalue weighted by Crippen LogP contribution is -2.10. The van der Waals surface area contributed by atoms with E-state index in [9.17, 15) is 13.2 Å². The molecule has 0 unspecified atom stereocenters. The van der Waals surface area contributed by atoms with E-state index in [1.807, 2.05) is 43.3 Å². The second-order valence-electron chi connectivity index (χ2n) is 6.75. The number of hydrogen-bond acceptors (Lipinski definition) is 5. The second kappa shape index (κ2) is 7.14. The third-order valence-corrected chi connectivity index (χ3v) is 4.99. The summed E-state index contributed by atoms with van der Waals surface area (Å²) in [5.74, 6) is 0. The van der Waals surface area contributed by atoms with E-state index in [1.54, 1.807) is 18.2 Å². The molecule has 0 aliphatic carbocycles. The highest BCUT2D eigenvalue weighted by Gasteiger charge is 2.15. The van der Waals surface area contributed by atoms with Crippen molar-refractivity contribution in [2.75, 3.05) is 11.0 Å². The highest BCUT2D eigenvalue weighted by molar-refractivity contribution is 7.92. The van der Waals surface area contributed by atoms with Crippen LogP contribution in [-0.2, 0) is 10.0 Å². The Morgan fingerprint density at radius 2 is 1.62 bits per heavy atom. The molecule has 0 amide bonds. The molecule has 0 aliphatic heterocycles. The molecule has 0 spiro atoms. The van der Waals surface area contributed by atoms with Crippen molar-refractivity contribution in [3.05, 3.63) is 76.6 Å². The molecule has 2 aromatic heterocycles. The largest absolute Gasteiger partial charge is 0.305 e. The first-order valence-electron chi connectivity index (χ1n) is 8.85. The maximum absolute atomic E-state index is 11.7. The predicted molar refractivity (Wildman–Crippen MR) is 114 cm³/mol. The summed E-state index contributed by atoms with van der Waals surface area (Å²) in [5.41, 5.74) is 4.92. The lowest BCUT2D eigenvalue weighted by molar-refractivity contribution is 0.607. The van der Waals surface area contributed by atoms with E-state index in [4.69, 9.17) is 4.98 Å². The van der Waals surface area contributed by atoms with Gasteiger partial charge >= 0.3 is 0 Å². The van der Waals surface area contributed by atoms with Crippen molar-refractivity contribution in [2.24, 2.45) is 0 Å². The number of hydrogen-bond donors (Lipinski definition) is 2. The molecule has 0 aliphatic rings. The van der Waals surface area contributed by atoms with Crippen LogP contribution in [0.4, 0.5) is 5.69 Å². The lowest BCUT2D eigenvalue weighted by Gasteiger charge is -2.13. The monoisotopic (exact) mass is 406 g/mol. The summed E-state index contributed by atoms with van der Waals surface area (Å²) in [5, 5.41) is 0. The number of anilines is 1. The topological polar surface area (TPSA) is 105 Å². The summed E-state index contributed by atoms with van der Waals surface area (Å²) >= 11 is 0. The van der Waals surface area contributed by atoms with Crippen LogP contribution in [0.25, 0.3) is 33.7 Å². The Morgan fingerprint density at radius 1 is 0.897 bits per heavy atom. The molecule has 2 N–H and O–H groups in total. The van der Waals surface area contributed by atoms with E-state index in [-0.39, 0.29) is 5.56 Å². The van der Waals surface area contributed by atoms with Crippen LogP contribution in [0.15, 0.2) is 65.5 Å². The molecule has 0 saturated heterocycles. The van der Waals surface area contributed by atoms with Gasteiger partial charge in [-0.3, -0.25) is 9.52 Å². The highest BCUT2D eigenvalue weighted by Crippen LogP contribution is 2.32. The Morgan fingerprint density at radius 3 is 2.31 bits per heavy atom. The highest BCUT2D eigenvalue weighted by atomic mass is 32.2. The van der Waals surface area contributed by atoms with Crippen molar-refractivity contribution in [1.82, 2.24) is 15.0 Å². The van der Waals surface area contributed by atoms with Gasteiger partial charge in [-0.2, -0.15) is 0 Å². The van der Waals surface area contributed by atoms with Gasteiger partial charge in [-0.15, -0.1) is 0 Å². The standard InChI is InChI=1S/C21H18N4O3S/c1-13-12-15(8-9-16(13)25-29(2,27)28)20-19(14-6-4-3-5-7-14)24-21-17(22-20)10-11-18(26)23-21/h3-12,25H,1-2H3,(H,23,24,26). The van der Waals surface area contributed by atoms with Gasteiger partial charge < -0.3 is 4.98 Å². The summed E-state index contributed by atoms with van der Waals surface area (Å²) in [6, 6.07) is 18.0. The van der Waals surface area contributed by atoms with Gasteiger partial charge in [0.15, 0.2) is 5.65 Å².